The molecule has 2 aromatic heterocycles. The number of nitrogens with zero attached hydrogens (tertiary/aromatic N) is 3. The summed E-state index contributed by atoms with van der Waals surface area (Å²) < 4.78 is 1.70. The summed E-state index contributed by atoms with van der Waals surface area (Å²) in [6, 6.07) is 15.7. The second-order valence-corrected chi connectivity index (χ2v) is 5.83. The predicted molar refractivity (Wildman–Crippen MR) is 99.0 cm³/mol. The van der Waals surface area contributed by atoms with Gasteiger partial charge in [0, 0.05) is 23.8 Å². The van der Waals surface area contributed by atoms with Crippen LogP contribution in [0.15, 0.2) is 67.0 Å². The van der Waals surface area contributed by atoms with E-state index < -0.39 is 4.92 Å². The molecule has 0 aliphatic rings. The molecule has 128 valence electrons. The Labute approximate surface area is 148 Å². The number of fused-ring (bicyclic) bond motifs is 2. The van der Waals surface area contributed by atoms with Crippen molar-refractivity contribution in [2.45, 2.75) is 6.54 Å². The molecule has 7 heteroatoms. The second-order valence-electron chi connectivity index (χ2n) is 5.83. The number of nitrogens with one attached hydrogen (secondary N) is 1. The summed E-state index contributed by atoms with van der Waals surface area (Å²) in [5.74, 6) is -0.217. The summed E-state index contributed by atoms with van der Waals surface area (Å²) >= 11 is 0. The van der Waals surface area contributed by atoms with Crippen LogP contribution in [0, 0.1) is 10.1 Å². The number of aromatic nitrogens is 2. The number of pyridine rings is 1. The number of anilines is 1. The van der Waals surface area contributed by atoms with Crippen LogP contribution in [0.25, 0.3) is 21.8 Å². The van der Waals surface area contributed by atoms with Gasteiger partial charge in [-0.3, -0.25) is 19.9 Å². The Balaban J connectivity index is 1.62. The summed E-state index contributed by atoms with van der Waals surface area (Å²) in [4.78, 5) is 27.5. The van der Waals surface area contributed by atoms with Crippen molar-refractivity contribution in [3.8, 4) is 0 Å². The van der Waals surface area contributed by atoms with Crippen LogP contribution in [0.3, 0.4) is 0 Å². The highest BCUT2D eigenvalue weighted by Gasteiger charge is 2.15. The Kier molecular flexibility index (Phi) is 3.81. The summed E-state index contributed by atoms with van der Waals surface area (Å²) in [5.41, 5.74) is 2.16. The average molecular weight is 346 g/mol. The van der Waals surface area contributed by atoms with Gasteiger partial charge in [0.1, 0.15) is 6.54 Å². The molecule has 0 saturated heterocycles. The zero-order valence-electron chi connectivity index (χ0n) is 13.6. The first-order valence-corrected chi connectivity index (χ1v) is 7.99. The number of carbonyl (C=O) groups excluding carboxylic acids is 1. The maximum atomic E-state index is 12.5. The first-order chi connectivity index (χ1) is 12.6. The number of non-ortho nitro benzene ring substituents is 1. The standard InChI is InChI=1S/C19H14N4O3/c24-19(21-16-6-1-5-15-13(16)4-3-10-20-15)12-22-11-9-14-17(22)7-2-8-18(14)23(25)26/h1-11H,12H2,(H,21,24). The largest absolute Gasteiger partial charge is 0.338 e. The van der Waals surface area contributed by atoms with E-state index in [9.17, 15) is 14.9 Å². The van der Waals surface area contributed by atoms with Crippen molar-refractivity contribution in [3.05, 3.63) is 77.1 Å². The number of benzene rings is 2. The minimum Gasteiger partial charge on any atom is -0.338 e. The van der Waals surface area contributed by atoms with Gasteiger partial charge in [0.15, 0.2) is 0 Å². The summed E-state index contributed by atoms with van der Waals surface area (Å²) in [5, 5.41) is 15.4. The maximum Gasteiger partial charge on any atom is 0.278 e. The van der Waals surface area contributed by atoms with Gasteiger partial charge in [-0.15, -0.1) is 0 Å². The van der Waals surface area contributed by atoms with Crippen LogP contribution in [-0.2, 0) is 11.3 Å². The van der Waals surface area contributed by atoms with E-state index in [0.29, 0.717) is 16.6 Å². The number of hydrogen-bond donors (Lipinski definition) is 1. The maximum absolute atomic E-state index is 12.5. The third kappa shape index (κ3) is 2.75. The molecule has 0 fully saturated rings. The Hall–Kier alpha value is -3.74. The van der Waals surface area contributed by atoms with E-state index in [2.05, 4.69) is 10.3 Å². The van der Waals surface area contributed by atoms with E-state index >= 15 is 0 Å². The van der Waals surface area contributed by atoms with E-state index in [1.54, 1.807) is 35.2 Å². The van der Waals surface area contributed by atoms with E-state index in [1.807, 2.05) is 30.3 Å². The van der Waals surface area contributed by atoms with Gasteiger partial charge in [-0.25, -0.2) is 0 Å². The smallest absolute Gasteiger partial charge is 0.278 e. The monoisotopic (exact) mass is 346 g/mol. The van der Waals surface area contributed by atoms with Crippen molar-refractivity contribution in [2.75, 3.05) is 5.32 Å². The fraction of sp³-hybridized carbons (Fsp3) is 0.0526. The minimum absolute atomic E-state index is 0.0294. The van der Waals surface area contributed by atoms with Crippen molar-refractivity contribution in [1.82, 2.24) is 9.55 Å². The second kappa shape index (κ2) is 6.29. The van der Waals surface area contributed by atoms with Gasteiger partial charge in [0.05, 0.1) is 27.0 Å². The molecule has 2 aromatic carbocycles. The third-order valence-electron chi connectivity index (χ3n) is 4.22. The molecule has 0 bridgehead atoms. The molecule has 7 nitrogen and oxygen atoms in total. The summed E-state index contributed by atoms with van der Waals surface area (Å²) in [6.07, 6.45) is 3.38. The molecule has 0 atom stereocenters. The molecule has 1 N–H and O–H groups in total. The van der Waals surface area contributed by atoms with Crippen LogP contribution in [0.2, 0.25) is 0 Å². The van der Waals surface area contributed by atoms with Gasteiger partial charge in [-0.1, -0.05) is 12.1 Å². The Bertz CT molecular complexity index is 1140. The van der Waals surface area contributed by atoms with Crippen LogP contribution in [0.4, 0.5) is 11.4 Å². The quantitative estimate of drug-likeness (QED) is 0.450. The SMILES string of the molecule is O=C(Cn1ccc2c([N+](=O)[O-])cccc21)Nc1cccc2ncccc12. The number of nitro groups is 1. The molecule has 0 aliphatic heterocycles. The number of nitro benzene ring substituents is 1. The molecular weight excluding hydrogens is 332 g/mol. The van der Waals surface area contributed by atoms with Crippen LogP contribution in [-0.4, -0.2) is 20.4 Å². The fourth-order valence-electron chi connectivity index (χ4n) is 3.06. The van der Waals surface area contributed by atoms with Crippen LogP contribution >= 0.6 is 0 Å². The number of rotatable bonds is 4. The molecule has 2 heterocycles. The molecule has 4 aromatic rings. The van der Waals surface area contributed by atoms with Crippen LogP contribution in [0.5, 0.6) is 0 Å². The highest BCUT2D eigenvalue weighted by Crippen LogP contribution is 2.26. The van der Waals surface area contributed by atoms with Gasteiger partial charge in [-0.05, 0) is 36.4 Å². The zero-order valence-corrected chi connectivity index (χ0v) is 13.6. The highest BCUT2D eigenvalue weighted by atomic mass is 16.6. The van der Waals surface area contributed by atoms with Crippen molar-refractivity contribution in [3.63, 3.8) is 0 Å². The summed E-state index contributed by atoms with van der Waals surface area (Å²) in [6.45, 7) is 0.0569. The Morgan fingerprint density at radius 2 is 1.92 bits per heavy atom. The topological polar surface area (TPSA) is 90.1 Å². The lowest BCUT2D eigenvalue weighted by Crippen LogP contribution is -2.18. The van der Waals surface area contributed by atoms with E-state index in [0.717, 1.165) is 10.9 Å². The molecule has 0 saturated carbocycles. The number of amides is 1. The van der Waals surface area contributed by atoms with Gasteiger partial charge < -0.3 is 9.88 Å². The lowest BCUT2D eigenvalue weighted by Gasteiger charge is -2.09. The first kappa shape index (κ1) is 15.8. The average Bonchev–Trinajstić information content (AvgIpc) is 3.05. The number of carbonyl (C=O) groups is 1. The third-order valence-corrected chi connectivity index (χ3v) is 4.22. The Morgan fingerprint density at radius 3 is 2.77 bits per heavy atom. The highest BCUT2D eigenvalue weighted by molar-refractivity contribution is 6.01. The molecular formula is C19H14N4O3. The normalized spacial score (nSPS) is 10.9. The van der Waals surface area contributed by atoms with E-state index in [4.69, 9.17) is 0 Å². The first-order valence-electron chi connectivity index (χ1n) is 7.99. The Morgan fingerprint density at radius 1 is 1.08 bits per heavy atom. The van der Waals surface area contributed by atoms with Crippen LogP contribution < -0.4 is 5.32 Å². The van der Waals surface area contributed by atoms with Crippen molar-refractivity contribution >= 4 is 39.1 Å². The minimum atomic E-state index is -0.421. The van der Waals surface area contributed by atoms with Crippen LogP contribution in [0.1, 0.15) is 0 Å². The molecule has 1 amide bonds. The van der Waals surface area contributed by atoms with Gasteiger partial charge in [-0.2, -0.15) is 0 Å². The molecule has 0 unspecified atom stereocenters. The van der Waals surface area contributed by atoms with Crippen molar-refractivity contribution in [1.29, 1.82) is 0 Å². The van der Waals surface area contributed by atoms with Crippen molar-refractivity contribution < 1.29 is 9.72 Å². The van der Waals surface area contributed by atoms with E-state index in [1.165, 1.54) is 6.07 Å². The predicted octanol–water partition coefficient (Wildman–Crippen LogP) is 3.74. The van der Waals surface area contributed by atoms with Crippen molar-refractivity contribution in [2.24, 2.45) is 0 Å². The van der Waals surface area contributed by atoms with Gasteiger partial charge in [0.25, 0.3) is 5.69 Å². The van der Waals surface area contributed by atoms with Gasteiger partial charge >= 0.3 is 0 Å². The summed E-state index contributed by atoms with van der Waals surface area (Å²) in [7, 11) is 0. The molecule has 26 heavy (non-hydrogen) atoms. The number of hydrogen-bond acceptors (Lipinski definition) is 4. The molecule has 4 rings (SSSR count). The lowest BCUT2D eigenvalue weighted by atomic mass is 10.2. The molecule has 0 radical (unpaired) electrons. The zero-order chi connectivity index (χ0) is 18.1. The van der Waals surface area contributed by atoms with E-state index in [-0.39, 0.29) is 18.1 Å². The molecule has 0 spiro atoms. The molecule has 0 aliphatic carbocycles. The lowest BCUT2D eigenvalue weighted by molar-refractivity contribution is -0.383. The fourth-order valence-corrected chi connectivity index (χ4v) is 3.06. The van der Waals surface area contributed by atoms with Gasteiger partial charge in [0.2, 0.25) is 5.91 Å².